The zero-order chi connectivity index (χ0) is 33.3. The van der Waals surface area contributed by atoms with E-state index in [1.807, 2.05) is 32.0 Å². The number of ether oxygens (including phenoxy) is 1. The summed E-state index contributed by atoms with van der Waals surface area (Å²) in [6.07, 6.45) is 1.46. The monoisotopic (exact) mass is 698 g/mol. The van der Waals surface area contributed by atoms with E-state index >= 15 is 0 Å². The van der Waals surface area contributed by atoms with Gasteiger partial charge in [0.1, 0.15) is 11.5 Å². The topological polar surface area (TPSA) is 97.1 Å². The van der Waals surface area contributed by atoms with Gasteiger partial charge in [-0.25, -0.2) is 13.2 Å². The van der Waals surface area contributed by atoms with E-state index in [9.17, 15) is 18.0 Å². The van der Waals surface area contributed by atoms with Crippen molar-refractivity contribution >= 4 is 68.5 Å². The summed E-state index contributed by atoms with van der Waals surface area (Å²) in [6.45, 7) is 5.33. The predicted octanol–water partition coefficient (Wildman–Crippen LogP) is 8.12. The number of carbonyl (C=O) groups excluding carboxylic acids is 2. The number of anilines is 1. The number of amides is 1. The summed E-state index contributed by atoms with van der Waals surface area (Å²) in [5.74, 6) is -0.556. The van der Waals surface area contributed by atoms with Gasteiger partial charge in [0.05, 0.1) is 39.7 Å². The highest BCUT2D eigenvalue weighted by atomic mass is 35.5. The Bertz CT molecular complexity index is 2000. The number of allylic oxidation sites excluding steroid dienone is 1. The lowest BCUT2D eigenvalue weighted by Gasteiger charge is -2.22. The quantitative estimate of drug-likeness (QED) is 0.129. The normalized spacial score (nSPS) is 14.6. The Morgan fingerprint density at radius 1 is 0.891 bits per heavy atom. The molecule has 0 spiro atoms. The van der Waals surface area contributed by atoms with Crippen molar-refractivity contribution in [2.24, 2.45) is 0 Å². The third kappa shape index (κ3) is 6.94. The Morgan fingerprint density at radius 3 is 2.20 bits per heavy atom. The van der Waals surface area contributed by atoms with Crippen LogP contribution in [0.2, 0.25) is 15.1 Å². The van der Waals surface area contributed by atoms with Gasteiger partial charge in [0.25, 0.3) is 5.91 Å². The summed E-state index contributed by atoms with van der Waals surface area (Å²) >= 11 is 18.3. The van der Waals surface area contributed by atoms with Crippen molar-refractivity contribution in [1.82, 2.24) is 4.31 Å². The van der Waals surface area contributed by atoms with Crippen molar-refractivity contribution in [3.05, 3.63) is 133 Å². The first-order chi connectivity index (χ1) is 21.8. The molecule has 8 nitrogen and oxygen atoms in total. The van der Waals surface area contributed by atoms with Gasteiger partial charge in [0, 0.05) is 23.0 Å². The van der Waals surface area contributed by atoms with E-state index in [4.69, 9.17) is 44.0 Å². The highest BCUT2D eigenvalue weighted by molar-refractivity contribution is 7.89. The number of rotatable bonds is 9. The number of halogens is 3. The van der Waals surface area contributed by atoms with Gasteiger partial charge in [0.15, 0.2) is 0 Å². The van der Waals surface area contributed by atoms with E-state index in [1.54, 1.807) is 37.3 Å². The largest absolute Gasteiger partial charge is 0.465 e. The first-order valence-electron chi connectivity index (χ1n) is 14.0. The zero-order valence-electron chi connectivity index (χ0n) is 25.3. The minimum absolute atomic E-state index is 0.0391. The number of esters is 1. The minimum atomic E-state index is -4.04. The molecule has 0 saturated carbocycles. The van der Waals surface area contributed by atoms with E-state index in [1.165, 1.54) is 46.7 Å². The molecular weight excluding hydrogens is 671 g/mol. The van der Waals surface area contributed by atoms with Crippen LogP contribution in [0.5, 0.6) is 0 Å². The molecule has 0 aliphatic carbocycles. The lowest BCUT2D eigenvalue weighted by Crippen LogP contribution is -2.30. The molecule has 0 N–H and O–H groups in total. The van der Waals surface area contributed by atoms with Crippen LogP contribution in [-0.4, -0.2) is 31.7 Å². The first-order valence-corrected chi connectivity index (χ1v) is 16.6. The average Bonchev–Trinajstić information content (AvgIpc) is 3.54. The summed E-state index contributed by atoms with van der Waals surface area (Å²) < 4.78 is 39.9. The second-order valence-electron chi connectivity index (χ2n) is 10.8. The van der Waals surface area contributed by atoms with Gasteiger partial charge in [-0.05, 0) is 104 Å². The summed E-state index contributed by atoms with van der Waals surface area (Å²) in [5.41, 5.74) is 3.76. The van der Waals surface area contributed by atoms with Crippen molar-refractivity contribution < 1.29 is 27.2 Å². The van der Waals surface area contributed by atoms with Crippen LogP contribution in [0.25, 0.3) is 6.08 Å². The summed E-state index contributed by atoms with van der Waals surface area (Å²) in [4.78, 5) is 28.2. The molecule has 0 unspecified atom stereocenters. The Labute approximate surface area is 282 Å². The molecule has 3 aromatic carbocycles. The second kappa shape index (κ2) is 13.5. The van der Waals surface area contributed by atoms with Crippen LogP contribution in [0.1, 0.15) is 35.1 Å². The summed E-state index contributed by atoms with van der Waals surface area (Å²) in [7, 11) is -2.79. The van der Waals surface area contributed by atoms with E-state index in [-0.39, 0.29) is 39.9 Å². The maximum atomic E-state index is 13.8. The first kappa shape index (κ1) is 33.5. The number of methoxy groups -OCH3 is 1. The Balaban J connectivity index is 1.50. The van der Waals surface area contributed by atoms with E-state index in [2.05, 4.69) is 0 Å². The number of carbonyl (C=O) groups is 2. The maximum Gasteiger partial charge on any atom is 0.340 e. The SMILES string of the molecule is COC(=O)C1=C(C)N(c2cc(C)cc(C)c2)C(=O)/C1=C/c1ccc(CN(Cc2ccc(Cl)c(Cl)c2)S(=O)(=O)c2ccc(Cl)cc2)o1. The summed E-state index contributed by atoms with van der Waals surface area (Å²) in [5, 5.41) is 1.03. The summed E-state index contributed by atoms with van der Waals surface area (Å²) in [6, 6.07) is 19.7. The molecule has 1 aliphatic heterocycles. The van der Waals surface area contributed by atoms with Gasteiger partial charge in [-0.1, -0.05) is 46.9 Å². The van der Waals surface area contributed by atoms with Crippen molar-refractivity contribution in [3.8, 4) is 0 Å². The molecule has 46 heavy (non-hydrogen) atoms. The van der Waals surface area contributed by atoms with Gasteiger partial charge in [-0.2, -0.15) is 4.31 Å². The van der Waals surface area contributed by atoms with Gasteiger partial charge >= 0.3 is 5.97 Å². The average molecular weight is 700 g/mol. The number of furan rings is 1. The van der Waals surface area contributed by atoms with Crippen LogP contribution in [0.4, 0.5) is 5.69 Å². The van der Waals surface area contributed by atoms with Crippen molar-refractivity contribution in [1.29, 1.82) is 0 Å². The number of aryl methyl sites for hydroxylation is 2. The lowest BCUT2D eigenvalue weighted by molar-refractivity contribution is -0.136. The maximum absolute atomic E-state index is 13.8. The molecule has 0 fully saturated rings. The Morgan fingerprint density at radius 2 is 1.57 bits per heavy atom. The fraction of sp³-hybridized carbons (Fsp3) is 0.176. The van der Waals surface area contributed by atoms with Crippen LogP contribution in [0.3, 0.4) is 0 Å². The van der Waals surface area contributed by atoms with Crippen LogP contribution in [0, 0.1) is 13.8 Å². The highest BCUT2D eigenvalue weighted by Gasteiger charge is 2.38. The molecule has 0 atom stereocenters. The van der Waals surface area contributed by atoms with Crippen molar-refractivity contribution in [2.45, 2.75) is 38.8 Å². The third-order valence-electron chi connectivity index (χ3n) is 7.35. The van der Waals surface area contributed by atoms with Crippen LogP contribution in [-0.2, 0) is 37.4 Å². The van der Waals surface area contributed by atoms with Crippen molar-refractivity contribution in [2.75, 3.05) is 12.0 Å². The zero-order valence-corrected chi connectivity index (χ0v) is 28.4. The Kier molecular flexibility index (Phi) is 9.81. The number of hydrogen-bond acceptors (Lipinski definition) is 6. The molecule has 2 heterocycles. The standard InChI is InChI=1S/C34H29Cl3N2O6S/c1-20-13-21(2)15-25(14-20)39-22(3)32(34(41)44-4)29(33(39)40)17-26-8-9-27(45-26)19-38(18-23-5-12-30(36)31(37)16-23)46(42,43)28-10-6-24(35)7-11-28/h5-17H,18-19H2,1-4H3/b29-17+. The lowest BCUT2D eigenvalue weighted by atomic mass is 10.1. The molecule has 5 rings (SSSR count). The fourth-order valence-corrected chi connectivity index (χ4v) is 7.11. The molecule has 12 heteroatoms. The molecule has 0 bridgehead atoms. The van der Waals surface area contributed by atoms with Gasteiger partial charge < -0.3 is 9.15 Å². The smallest absolute Gasteiger partial charge is 0.340 e. The molecule has 1 amide bonds. The molecule has 1 aromatic heterocycles. The molecule has 4 aromatic rings. The molecule has 0 saturated heterocycles. The number of benzene rings is 3. The molecule has 238 valence electrons. The third-order valence-corrected chi connectivity index (χ3v) is 10.1. The molecule has 0 radical (unpaired) electrons. The fourth-order valence-electron chi connectivity index (χ4n) is 5.27. The predicted molar refractivity (Wildman–Crippen MR) is 179 cm³/mol. The highest BCUT2D eigenvalue weighted by Crippen LogP contribution is 2.36. The van der Waals surface area contributed by atoms with Gasteiger partial charge in [-0.3, -0.25) is 9.69 Å². The molecular formula is C34H29Cl3N2O6S. The molecule has 1 aliphatic rings. The second-order valence-corrected chi connectivity index (χ2v) is 14.0. The van der Waals surface area contributed by atoms with Crippen LogP contribution < -0.4 is 4.90 Å². The van der Waals surface area contributed by atoms with Crippen LogP contribution in [0.15, 0.2) is 99.0 Å². The number of hydrogen-bond donors (Lipinski definition) is 0. The Hall–Kier alpha value is -3.86. The number of nitrogens with zero attached hydrogens (tertiary/aromatic N) is 2. The van der Waals surface area contributed by atoms with Crippen molar-refractivity contribution in [3.63, 3.8) is 0 Å². The van der Waals surface area contributed by atoms with E-state index < -0.39 is 21.9 Å². The van der Waals surface area contributed by atoms with Gasteiger partial charge in [-0.15, -0.1) is 0 Å². The number of sulfonamides is 1. The van der Waals surface area contributed by atoms with Gasteiger partial charge in [0.2, 0.25) is 10.0 Å². The van der Waals surface area contributed by atoms with Crippen LogP contribution >= 0.6 is 34.8 Å². The minimum Gasteiger partial charge on any atom is -0.465 e. The van der Waals surface area contributed by atoms with E-state index in [0.717, 1.165) is 11.1 Å². The van der Waals surface area contributed by atoms with E-state index in [0.29, 0.717) is 32.8 Å².